The zero-order chi connectivity index (χ0) is 12.1. The Labute approximate surface area is 104 Å². The molecule has 1 N–H and O–H groups in total. The van der Waals surface area contributed by atoms with Gasteiger partial charge in [0.25, 0.3) is 0 Å². The minimum absolute atomic E-state index is 0.479. The van der Waals surface area contributed by atoms with E-state index < -0.39 is 0 Å². The maximum absolute atomic E-state index is 3.56. The van der Waals surface area contributed by atoms with Gasteiger partial charge in [0.1, 0.15) is 0 Å². The molecule has 0 aromatic heterocycles. The van der Waals surface area contributed by atoms with Crippen LogP contribution < -0.4 is 5.32 Å². The zero-order valence-electron chi connectivity index (χ0n) is 10.7. The molecule has 1 aromatic carbocycles. The molecule has 0 amide bonds. The first-order valence-electron chi connectivity index (χ1n) is 6.53. The molecule has 1 aliphatic heterocycles. The SMILES string of the molecule is CC(C)C=C=C(c1ccccc1)C1CCCN1. The van der Waals surface area contributed by atoms with Crippen LogP contribution in [-0.2, 0) is 0 Å². The van der Waals surface area contributed by atoms with Gasteiger partial charge in [-0.2, -0.15) is 0 Å². The van der Waals surface area contributed by atoms with Crippen LogP contribution in [0, 0.1) is 5.92 Å². The van der Waals surface area contributed by atoms with Gasteiger partial charge in [0.05, 0.1) is 0 Å². The maximum atomic E-state index is 3.56. The highest BCUT2D eigenvalue weighted by Crippen LogP contribution is 2.23. The van der Waals surface area contributed by atoms with Crippen LogP contribution in [0.4, 0.5) is 0 Å². The van der Waals surface area contributed by atoms with Crippen molar-refractivity contribution in [2.75, 3.05) is 6.54 Å². The summed E-state index contributed by atoms with van der Waals surface area (Å²) in [4.78, 5) is 0. The van der Waals surface area contributed by atoms with Crippen LogP contribution in [0.5, 0.6) is 0 Å². The van der Waals surface area contributed by atoms with E-state index in [0.29, 0.717) is 12.0 Å². The predicted octanol–water partition coefficient (Wildman–Crippen LogP) is 3.63. The van der Waals surface area contributed by atoms with Crippen molar-refractivity contribution in [1.29, 1.82) is 0 Å². The Hall–Kier alpha value is -1.30. The molecule has 1 aliphatic rings. The summed E-state index contributed by atoms with van der Waals surface area (Å²) in [6.45, 7) is 5.51. The first-order valence-corrected chi connectivity index (χ1v) is 6.53. The molecular formula is C16H21N. The first kappa shape index (κ1) is 12.2. The highest BCUT2D eigenvalue weighted by molar-refractivity contribution is 5.69. The average molecular weight is 227 g/mol. The molecule has 1 heteroatoms. The Morgan fingerprint density at radius 3 is 2.71 bits per heavy atom. The van der Waals surface area contributed by atoms with Crippen molar-refractivity contribution in [1.82, 2.24) is 5.32 Å². The van der Waals surface area contributed by atoms with Crippen molar-refractivity contribution in [3.63, 3.8) is 0 Å². The largest absolute Gasteiger partial charge is 0.309 e. The molecule has 1 atom stereocenters. The third kappa shape index (κ3) is 3.33. The number of hydrogen-bond acceptors (Lipinski definition) is 1. The Morgan fingerprint density at radius 2 is 2.12 bits per heavy atom. The Balaban J connectivity index is 2.33. The van der Waals surface area contributed by atoms with Gasteiger partial charge < -0.3 is 5.32 Å². The lowest BCUT2D eigenvalue weighted by atomic mass is 9.97. The Morgan fingerprint density at radius 1 is 1.35 bits per heavy atom. The monoisotopic (exact) mass is 227 g/mol. The van der Waals surface area contributed by atoms with E-state index in [9.17, 15) is 0 Å². The molecular weight excluding hydrogens is 206 g/mol. The summed E-state index contributed by atoms with van der Waals surface area (Å²) in [6.07, 6.45) is 4.66. The van der Waals surface area contributed by atoms with E-state index >= 15 is 0 Å². The summed E-state index contributed by atoms with van der Waals surface area (Å²) in [6, 6.07) is 11.1. The van der Waals surface area contributed by atoms with Crippen LogP contribution in [0.3, 0.4) is 0 Å². The minimum atomic E-state index is 0.479. The highest BCUT2D eigenvalue weighted by Gasteiger charge is 2.19. The van der Waals surface area contributed by atoms with Gasteiger partial charge in [-0.15, -0.1) is 5.73 Å². The Kier molecular flexibility index (Phi) is 4.19. The standard InChI is InChI=1S/C16H21N/c1-13(2)10-11-15(16-9-6-12-17-16)14-7-4-3-5-8-14/h3-5,7-8,10,13,16-17H,6,9,12H2,1-2H3. The average Bonchev–Trinajstić information content (AvgIpc) is 2.84. The van der Waals surface area contributed by atoms with Crippen LogP contribution >= 0.6 is 0 Å². The molecule has 1 nitrogen and oxygen atoms in total. The highest BCUT2D eigenvalue weighted by atomic mass is 14.9. The summed E-state index contributed by atoms with van der Waals surface area (Å²) in [5, 5.41) is 3.56. The second-order valence-corrected chi connectivity index (χ2v) is 4.98. The van der Waals surface area contributed by atoms with Crippen LogP contribution in [0.1, 0.15) is 32.3 Å². The van der Waals surface area contributed by atoms with Crippen LogP contribution in [0.25, 0.3) is 5.57 Å². The molecule has 2 rings (SSSR count). The molecule has 0 aliphatic carbocycles. The van der Waals surface area contributed by atoms with Crippen molar-refractivity contribution in [3.05, 3.63) is 47.7 Å². The van der Waals surface area contributed by atoms with E-state index in [0.717, 1.165) is 6.54 Å². The van der Waals surface area contributed by atoms with Gasteiger partial charge in [0, 0.05) is 11.6 Å². The van der Waals surface area contributed by atoms with E-state index in [1.807, 2.05) is 0 Å². The minimum Gasteiger partial charge on any atom is -0.309 e. The smallest absolute Gasteiger partial charge is 0.0400 e. The van der Waals surface area contributed by atoms with Crippen LogP contribution in [-0.4, -0.2) is 12.6 Å². The number of benzene rings is 1. The van der Waals surface area contributed by atoms with Gasteiger partial charge in [0.2, 0.25) is 0 Å². The molecule has 17 heavy (non-hydrogen) atoms. The van der Waals surface area contributed by atoms with Crippen molar-refractivity contribution in [2.45, 2.75) is 32.7 Å². The van der Waals surface area contributed by atoms with Crippen molar-refractivity contribution in [3.8, 4) is 0 Å². The van der Waals surface area contributed by atoms with Crippen molar-refractivity contribution in [2.24, 2.45) is 5.92 Å². The molecule has 1 unspecified atom stereocenters. The van der Waals surface area contributed by atoms with Crippen LogP contribution in [0.15, 0.2) is 42.1 Å². The van der Waals surface area contributed by atoms with Gasteiger partial charge >= 0.3 is 0 Å². The summed E-state index contributed by atoms with van der Waals surface area (Å²) in [5.74, 6) is 0.551. The third-order valence-electron chi connectivity index (χ3n) is 3.07. The van der Waals surface area contributed by atoms with E-state index in [2.05, 4.69) is 61.3 Å². The van der Waals surface area contributed by atoms with Gasteiger partial charge in [-0.25, -0.2) is 0 Å². The van der Waals surface area contributed by atoms with Gasteiger partial charge in [0.15, 0.2) is 0 Å². The molecule has 0 bridgehead atoms. The lowest BCUT2D eigenvalue weighted by Crippen LogP contribution is -2.22. The summed E-state index contributed by atoms with van der Waals surface area (Å²) in [5.41, 5.74) is 6.12. The van der Waals surface area contributed by atoms with Crippen molar-refractivity contribution >= 4 is 5.57 Å². The van der Waals surface area contributed by atoms with Gasteiger partial charge in [-0.05, 0) is 36.9 Å². The number of rotatable bonds is 3. The van der Waals surface area contributed by atoms with Gasteiger partial charge in [-0.1, -0.05) is 44.2 Å². The molecule has 1 saturated heterocycles. The van der Waals surface area contributed by atoms with E-state index in [1.54, 1.807) is 0 Å². The molecule has 1 aromatic rings. The third-order valence-corrected chi connectivity index (χ3v) is 3.07. The predicted molar refractivity (Wildman–Crippen MR) is 73.8 cm³/mol. The normalized spacial score (nSPS) is 19.1. The van der Waals surface area contributed by atoms with Gasteiger partial charge in [-0.3, -0.25) is 0 Å². The fourth-order valence-corrected chi connectivity index (χ4v) is 2.19. The molecule has 0 radical (unpaired) electrons. The first-order chi connectivity index (χ1) is 8.27. The van der Waals surface area contributed by atoms with Crippen LogP contribution in [0.2, 0.25) is 0 Å². The fraction of sp³-hybridized carbons (Fsp3) is 0.438. The summed E-state index contributed by atoms with van der Waals surface area (Å²) < 4.78 is 0. The van der Waals surface area contributed by atoms with E-state index in [-0.39, 0.29) is 0 Å². The lowest BCUT2D eigenvalue weighted by Gasteiger charge is -2.13. The molecule has 90 valence electrons. The Bertz CT molecular complexity index is 404. The number of nitrogens with one attached hydrogen (secondary N) is 1. The van der Waals surface area contributed by atoms with E-state index in [4.69, 9.17) is 0 Å². The quantitative estimate of drug-likeness (QED) is 0.777. The molecule has 0 spiro atoms. The molecule has 1 heterocycles. The maximum Gasteiger partial charge on any atom is 0.0400 e. The zero-order valence-corrected chi connectivity index (χ0v) is 10.7. The second kappa shape index (κ2) is 5.86. The van der Waals surface area contributed by atoms with Crippen molar-refractivity contribution < 1.29 is 0 Å². The fourth-order valence-electron chi connectivity index (χ4n) is 2.19. The van der Waals surface area contributed by atoms with E-state index in [1.165, 1.54) is 24.0 Å². The second-order valence-electron chi connectivity index (χ2n) is 4.98. The molecule has 0 saturated carbocycles. The topological polar surface area (TPSA) is 12.0 Å². The summed E-state index contributed by atoms with van der Waals surface area (Å²) in [7, 11) is 0. The summed E-state index contributed by atoms with van der Waals surface area (Å²) >= 11 is 0. The lowest BCUT2D eigenvalue weighted by molar-refractivity contribution is 0.743. The molecule has 1 fully saturated rings. The number of hydrogen-bond donors (Lipinski definition) is 1.